The number of rotatable bonds is 6. The summed E-state index contributed by atoms with van der Waals surface area (Å²) in [4.78, 5) is 11.6. The van der Waals surface area contributed by atoms with Crippen LogP contribution in [0.5, 0.6) is 0 Å². The molecule has 3 nitrogen and oxygen atoms in total. The van der Waals surface area contributed by atoms with Gasteiger partial charge >= 0.3 is 0 Å². The van der Waals surface area contributed by atoms with Crippen LogP contribution in [0, 0.1) is 0 Å². The molecule has 2 unspecified atom stereocenters. The monoisotopic (exact) mass is 262 g/mol. The molecule has 2 atom stereocenters. The lowest BCUT2D eigenvalue weighted by Crippen LogP contribution is -2.37. The van der Waals surface area contributed by atoms with E-state index >= 15 is 0 Å². The van der Waals surface area contributed by atoms with Gasteiger partial charge in [0.2, 0.25) is 5.91 Å². The van der Waals surface area contributed by atoms with Crippen LogP contribution in [-0.4, -0.2) is 18.0 Å². The first-order valence-corrected chi connectivity index (χ1v) is 7.02. The highest BCUT2D eigenvalue weighted by Crippen LogP contribution is 2.15. The summed E-state index contributed by atoms with van der Waals surface area (Å²) in [5, 5.41) is 2.98. The first-order chi connectivity index (χ1) is 8.88. The van der Waals surface area contributed by atoms with Gasteiger partial charge in [-0.2, -0.15) is 0 Å². The fourth-order valence-corrected chi connectivity index (χ4v) is 2.07. The van der Waals surface area contributed by atoms with E-state index in [4.69, 9.17) is 5.73 Å². The van der Waals surface area contributed by atoms with Crippen molar-refractivity contribution in [3.05, 3.63) is 35.4 Å². The van der Waals surface area contributed by atoms with Crippen LogP contribution < -0.4 is 11.1 Å². The lowest BCUT2D eigenvalue weighted by molar-refractivity contribution is -0.121. The molecular formula is C16H26N2O. The Morgan fingerprint density at radius 2 is 1.74 bits per heavy atom. The van der Waals surface area contributed by atoms with Crippen LogP contribution in [0.1, 0.15) is 51.2 Å². The number of carbonyl (C=O) groups is 1. The van der Waals surface area contributed by atoms with E-state index in [-0.39, 0.29) is 18.0 Å². The van der Waals surface area contributed by atoms with Crippen LogP contribution in [0.2, 0.25) is 0 Å². The molecule has 1 rings (SSSR count). The number of hydrogen-bond donors (Lipinski definition) is 2. The van der Waals surface area contributed by atoms with Crippen molar-refractivity contribution in [3.8, 4) is 0 Å². The highest BCUT2D eigenvalue weighted by atomic mass is 16.1. The van der Waals surface area contributed by atoms with E-state index < -0.39 is 0 Å². The molecule has 0 radical (unpaired) electrons. The van der Waals surface area contributed by atoms with E-state index in [1.165, 1.54) is 11.1 Å². The number of amides is 1. The maximum Gasteiger partial charge on any atom is 0.221 e. The largest absolute Gasteiger partial charge is 0.353 e. The summed E-state index contributed by atoms with van der Waals surface area (Å²) in [5.41, 5.74) is 8.20. The van der Waals surface area contributed by atoms with Gasteiger partial charge in [-0.3, -0.25) is 4.79 Å². The predicted molar refractivity (Wildman–Crippen MR) is 80.1 cm³/mol. The number of nitrogens with one attached hydrogen (secondary N) is 1. The van der Waals surface area contributed by atoms with E-state index in [1.54, 1.807) is 0 Å². The van der Waals surface area contributed by atoms with Crippen molar-refractivity contribution in [2.45, 2.75) is 58.5 Å². The van der Waals surface area contributed by atoms with Crippen molar-refractivity contribution in [2.24, 2.45) is 5.73 Å². The molecule has 0 saturated heterocycles. The van der Waals surface area contributed by atoms with Crippen LogP contribution in [0.15, 0.2) is 24.3 Å². The number of nitrogens with two attached hydrogens (primary N) is 1. The van der Waals surface area contributed by atoms with Crippen LogP contribution in [0.4, 0.5) is 0 Å². The Bertz CT molecular complexity index is 396. The summed E-state index contributed by atoms with van der Waals surface area (Å²) in [5.74, 6) is 0.582. The van der Waals surface area contributed by atoms with Gasteiger partial charge in [0.05, 0.1) is 0 Å². The van der Waals surface area contributed by atoms with Gasteiger partial charge in [-0.05, 0) is 37.3 Å². The molecule has 19 heavy (non-hydrogen) atoms. The molecule has 0 spiro atoms. The number of benzene rings is 1. The lowest BCUT2D eigenvalue weighted by atomic mass is 9.99. The highest BCUT2D eigenvalue weighted by Gasteiger charge is 2.10. The van der Waals surface area contributed by atoms with Crippen LogP contribution in [0.3, 0.4) is 0 Å². The summed E-state index contributed by atoms with van der Waals surface area (Å²) in [6, 6.07) is 8.66. The molecular weight excluding hydrogens is 236 g/mol. The third kappa shape index (κ3) is 5.88. The normalized spacial score (nSPS) is 14.2. The molecule has 0 aliphatic heterocycles. The third-order valence-corrected chi connectivity index (χ3v) is 3.10. The molecule has 1 amide bonds. The molecule has 0 fully saturated rings. The Balaban J connectivity index is 2.48. The first-order valence-electron chi connectivity index (χ1n) is 7.02. The topological polar surface area (TPSA) is 55.1 Å². The zero-order valence-corrected chi connectivity index (χ0v) is 12.4. The molecule has 0 aromatic heterocycles. The van der Waals surface area contributed by atoms with E-state index in [0.717, 1.165) is 6.42 Å². The second-order valence-electron chi connectivity index (χ2n) is 5.75. The SMILES string of the molecule is CC(N)CC(=O)NC(C)Cc1ccc(C(C)C)cc1. The van der Waals surface area contributed by atoms with Crippen molar-refractivity contribution in [2.75, 3.05) is 0 Å². The quantitative estimate of drug-likeness (QED) is 0.828. The zero-order valence-electron chi connectivity index (χ0n) is 12.4. The van der Waals surface area contributed by atoms with Crippen molar-refractivity contribution >= 4 is 5.91 Å². The Morgan fingerprint density at radius 3 is 2.21 bits per heavy atom. The van der Waals surface area contributed by atoms with Crippen molar-refractivity contribution in [1.82, 2.24) is 5.32 Å². The molecule has 3 heteroatoms. The molecule has 1 aromatic carbocycles. The Labute approximate surface area is 116 Å². The Morgan fingerprint density at radius 1 is 1.16 bits per heavy atom. The molecule has 0 bridgehead atoms. The minimum atomic E-state index is -0.0856. The summed E-state index contributed by atoms with van der Waals surface area (Å²) >= 11 is 0. The summed E-state index contributed by atoms with van der Waals surface area (Å²) in [6.45, 7) is 8.24. The van der Waals surface area contributed by atoms with Gasteiger partial charge in [-0.15, -0.1) is 0 Å². The van der Waals surface area contributed by atoms with Gasteiger partial charge in [0.1, 0.15) is 0 Å². The third-order valence-electron chi connectivity index (χ3n) is 3.10. The standard InChI is InChI=1S/C16H26N2O/c1-11(2)15-7-5-14(6-8-15)10-13(4)18-16(19)9-12(3)17/h5-8,11-13H,9-10,17H2,1-4H3,(H,18,19). The van der Waals surface area contributed by atoms with E-state index in [1.807, 2.05) is 13.8 Å². The van der Waals surface area contributed by atoms with Gasteiger partial charge in [0.15, 0.2) is 0 Å². The van der Waals surface area contributed by atoms with Gasteiger partial charge in [-0.1, -0.05) is 38.1 Å². The first kappa shape index (κ1) is 15.7. The predicted octanol–water partition coefficient (Wildman–Crippen LogP) is 2.59. The molecule has 0 saturated carbocycles. The Hall–Kier alpha value is -1.35. The van der Waals surface area contributed by atoms with Crippen molar-refractivity contribution in [3.63, 3.8) is 0 Å². The maximum atomic E-state index is 11.6. The van der Waals surface area contributed by atoms with Gasteiger partial charge < -0.3 is 11.1 Å². The zero-order chi connectivity index (χ0) is 14.4. The smallest absolute Gasteiger partial charge is 0.221 e. The van der Waals surface area contributed by atoms with E-state index in [0.29, 0.717) is 12.3 Å². The summed E-state index contributed by atoms with van der Waals surface area (Å²) in [6.07, 6.45) is 1.24. The molecule has 0 heterocycles. The number of hydrogen-bond acceptors (Lipinski definition) is 2. The van der Waals surface area contributed by atoms with Gasteiger partial charge in [-0.25, -0.2) is 0 Å². The van der Waals surface area contributed by atoms with Crippen LogP contribution >= 0.6 is 0 Å². The number of carbonyl (C=O) groups excluding carboxylic acids is 1. The minimum absolute atomic E-state index is 0.0290. The molecule has 3 N–H and O–H groups in total. The van der Waals surface area contributed by atoms with E-state index in [2.05, 4.69) is 43.4 Å². The van der Waals surface area contributed by atoms with Crippen LogP contribution in [-0.2, 0) is 11.2 Å². The fraction of sp³-hybridized carbons (Fsp3) is 0.562. The average molecular weight is 262 g/mol. The molecule has 0 aliphatic rings. The maximum absolute atomic E-state index is 11.6. The summed E-state index contributed by atoms with van der Waals surface area (Å²) < 4.78 is 0. The fourth-order valence-electron chi connectivity index (χ4n) is 2.07. The van der Waals surface area contributed by atoms with Crippen molar-refractivity contribution < 1.29 is 4.79 Å². The highest BCUT2D eigenvalue weighted by molar-refractivity contribution is 5.76. The van der Waals surface area contributed by atoms with Gasteiger partial charge in [0, 0.05) is 18.5 Å². The van der Waals surface area contributed by atoms with Crippen molar-refractivity contribution in [1.29, 1.82) is 0 Å². The molecule has 106 valence electrons. The van der Waals surface area contributed by atoms with Gasteiger partial charge in [0.25, 0.3) is 0 Å². The van der Waals surface area contributed by atoms with Crippen LogP contribution in [0.25, 0.3) is 0 Å². The Kier molecular flexibility index (Phi) is 6.03. The summed E-state index contributed by atoms with van der Waals surface area (Å²) in [7, 11) is 0. The second kappa shape index (κ2) is 7.29. The average Bonchev–Trinajstić information content (AvgIpc) is 2.27. The molecule has 1 aromatic rings. The lowest BCUT2D eigenvalue weighted by Gasteiger charge is -2.15. The minimum Gasteiger partial charge on any atom is -0.353 e. The van der Waals surface area contributed by atoms with E-state index in [9.17, 15) is 4.79 Å². The second-order valence-corrected chi connectivity index (χ2v) is 5.75. The molecule has 0 aliphatic carbocycles.